The minimum atomic E-state index is -0.403. The molecule has 106 valence electrons. The number of aliphatic hydroxyl groups is 1. The molecule has 20 heavy (non-hydrogen) atoms. The second-order valence-electron chi connectivity index (χ2n) is 5.30. The van der Waals surface area contributed by atoms with E-state index < -0.39 is 6.10 Å². The quantitative estimate of drug-likeness (QED) is 0.902. The van der Waals surface area contributed by atoms with Crippen LogP contribution in [-0.2, 0) is 11.3 Å². The van der Waals surface area contributed by atoms with E-state index in [-0.39, 0.29) is 11.9 Å². The van der Waals surface area contributed by atoms with E-state index in [0.717, 1.165) is 0 Å². The average molecular weight is 290 g/mol. The Labute approximate surface area is 122 Å². The van der Waals surface area contributed by atoms with Crippen LogP contribution < -0.4 is 5.32 Å². The maximum absolute atomic E-state index is 12.3. The van der Waals surface area contributed by atoms with Crippen molar-refractivity contribution in [3.8, 4) is 0 Å². The number of carbonyl (C=O) groups is 1. The van der Waals surface area contributed by atoms with Gasteiger partial charge in [-0.25, -0.2) is 0 Å². The van der Waals surface area contributed by atoms with Gasteiger partial charge in [0.25, 0.3) is 0 Å². The average Bonchev–Trinajstić information content (AvgIpc) is 3.05. The zero-order valence-electron chi connectivity index (χ0n) is 11.4. The molecule has 1 aliphatic heterocycles. The molecule has 0 bridgehead atoms. The molecule has 2 atom stereocenters. The third-order valence-electron chi connectivity index (χ3n) is 3.75. The number of amides is 1. The minimum absolute atomic E-state index is 0.0526. The summed E-state index contributed by atoms with van der Waals surface area (Å²) in [6.07, 6.45) is 0.104. The standard InChI is InChI=1S/C15H18N2O2S/c1-17(15(19)13-6-11(18)7-16-13)8-10-9-20-14-5-3-2-4-12(10)14/h2-5,9,11,13,16,18H,6-8H2,1H3/t11-,13+/m0/s1. The zero-order chi connectivity index (χ0) is 14.1. The normalized spacial score (nSPS) is 22.3. The van der Waals surface area contributed by atoms with Crippen molar-refractivity contribution in [3.05, 3.63) is 35.2 Å². The number of β-amino-alcohol motifs (C(OH)–C–C–N with tert-alkyl or cyclic N) is 1. The number of carbonyl (C=O) groups excluding carboxylic acids is 1. The van der Waals surface area contributed by atoms with Crippen molar-refractivity contribution >= 4 is 27.3 Å². The van der Waals surface area contributed by atoms with Gasteiger partial charge in [0.1, 0.15) is 0 Å². The second kappa shape index (κ2) is 5.52. The molecular formula is C15H18N2O2S. The maximum Gasteiger partial charge on any atom is 0.239 e. The highest BCUT2D eigenvalue weighted by Gasteiger charge is 2.30. The molecule has 1 aliphatic rings. The van der Waals surface area contributed by atoms with E-state index in [1.165, 1.54) is 15.6 Å². The first-order valence-electron chi connectivity index (χ1n) is 6.76. The summed E-state index contributed by atoms with van der Waals surface area (Å²) in [6, 6.07) is 7.99. The summed E-state index contributed by atoms with van der Waals surface area (Å²) < 4.78 is 1.25. The van der Waals surface area contributed by atoms with E-state index in [1.54, 1.807) is 16.2 Å². The molecule has 5 heteroatoms. The van der Waals surface area contributed by atoms with Crippen LogP contribution in [0.1, 0.15) is 12.0 Å². The lowest BCUT2D eigenvalue weighted by atomic mass is 10.1. The lowest BCUT2D eigenvalue weighted by molar-refractivity contribution is -0.132. The van der Waals surface area contributed by atoms with Crippen LogP contribution in [0.25, 0.3) is 10.1 Å². The summed E-state index contributed by atoms with van der Waals surface area (Å²) in [5.74, 6) is 0.0526. The molecule has 0 spiro atoms. The lowest BCUT2D eigenvalue weighted by Gasteiger charge is -2.21. The van der Waals surface area contributed by atoms with Crippen molar-refractivity contribution < 1.29 is 9.90 Å². The van der Waals surface area contributed by atoms with Crippen LogP contribution in [0.4, 0.5) is 0 Å². The number of hydrogen-bond acceptors (Lipinski definition) is 4. The SMILES string of the molecule is CN(Cc1csc2ccccc12)C(=O)[C@H]1C[C@H](O)CN1. The molecule has 1 amide bonds. The molecule has 1 aromatic carbocycles. The zero-order valence-corrected chi connectivity index (χ0v) is 12.2. The van der Waals surface area contributed by atoms with Crippen molar-refractivity contribution in [1.82, 2.24) is 10.2 Å². The van der Waals surface area contributed by atoms with E-state index in [9.17, 15) is 9.90 Å². The third-order valence-corrected chi connectivity index (χ3v) is 4.76. The first-order valence-corrected chi connectivity index (χ1v) is 7.64. The lowest BCUT2D eigenvalue weighted by Crippen LogP contribution is -2.41. The highest BCUT2D eigenvalue weighted by Crippen LogP contribution is 2.26. The predicted molar refractivity (Wildman–Crippen MR) is 80.7 cm³/mol. The van der Waals surface area contributed by atoms with Crippen LogP contribution >= 0.6 is 11.3 Å². The van der Waals surface area contributed by atoms with Gasteiger partial charge in [-0.05, 0) is 28.8 Å². The van der Waals surface area contributed by atoms with Gasteiger partial charge in [0, 0.05) is 24.8 Å². The van der Waals surface area contributed by atoms with E-state index in [4.69, 9.17) is 0 Å². The molecule has 3 rings (SSSR count). The number of nitrogens with one attached hydrogen (secondary N) is 1. The monoisotopic (exact) mass is 290 g/mol. The number of hydrogen-bond donors (Lipinski definition) is 2. The van der Waals surface area contributed by atoms with Crippen LogP contribution in [0.15, 0.2) is 29.6 Å². The summed E-state index contributed by atoms with van der Waals surface area (Å²) in [6.45, 7) is 1.11. The van der Waals surface area contributed by atoms with Crippen LogP contribution in [0.2, 0.25) is 0 Å². The largest absolute Gasteiger partial charge is 0.392 e. The Kier molecular flexibility index (Phi) is 3.74. The molecule has 1 saturated heterocycles. The Morgan fingerprint density at radius 1 is 1.50 bits per heavy atom. The van der Waals surface area contributed by atoms with Gasteiger partial charge in [0.2, 0.25) is 5.91 Å². The fourth-order valence-corrected chi connectivity index (χ4v) is 3.61. The molecule has 1 aromatic heterocycles. The van der Waals surface area contributed by atoms with Gasteiger partial charge in [-0.15, -0.1) is 11.3 Å². The molecule has 0 unspecified atom stereocenters. The Bertz CT molecular complexity index is 625. The van der Waals surface area contributed by atoms with E-state index in [1.807, 2.05) is 19.2 Å². The molecular weight excluding hydrogens is 272 g/mol. The Hall–Kier alpha value is -1.43. The van der Waals surface area contributed by atoms with Crippen molar-refractivity contribution in [2.45, 2.75) is 25.1 Å². The maximum atomic E-state index is 12.3. The molecule has 0 aliphatic carbocycles. The van der Waals surface area contributed by atoms with Crippen molar-refractivity contribution in [2.75, 3.05) is 13.6 Å². The topological polar surface area (TPSA) is 52.6 Å². The van der Waals surface area contributed by atoms with Gasteiger partial charge in [0.15, 0.2) is 0 Å². The van der Waals surface area contributed by atoms with E-state index >= 15 is 0 Å². The highest BCUT2D eigenvalue weighted by atomic mass is 32.1. The van der Waals surface area contributed by atoms with Gasteiger partial charge in [-0.3, -0.25) is 4.79 Å². The number of fused-ring (bicyclic) bond motifs is 1. The molecule has 1 fully saturated rings. The number of benzene rings is 1. The first-order chi connectivity index (χ1) is 9.65. The summed E-state index contributed by atoms with van der Waals surface area (Å²) >= 11 is 1.71. The minimum Gasteiger partial charge on any atom is -0.392 e. The number of rotatable bonds is 3. The summed E-state index contributed by atoms with van der Waals surface area (Å²) in [7, 11) is 1.82. The summed E-state index contributed by atoms with van der Waals surface area (Å²) in [4.78, 5) is 14.0. The fourth-order valence-electron chi connectivity index (χ4n) is 2.66. The molecule has 4 nitrogen and oxygen atoms in total. The Morgan fingerprint density at radius 2 is 2.30 bits per heavy atom. The number of thiophene rings is 1. The number of nitrogens with zero attached hydrogens (tertiary/aromatic N) is 1. The fraction of sp³-hybridized carbons (Fsp3) is 0.400. The number of likely N-dealkylation sites (N-methyl/N-ethyl adjacent to an activating group) is 1. The smallest absolute Gasteiger partial charge is 0.239 e. The van der Waals surface area contributed by atoms with E-state index in [2.05, 4.69) is 22.8 Å². The molecule has 2 heterocycles. The van der Waals surface area contributed by atoms with Gasteiger partial charge in [-0.2, -0.15) is 0 Å². The first kappa shape index (κ1) is 13.5. The van der Waals surface area contributed by atoms with Gasteiger partial charge < -0.3 is 15.3 Å². The molecule has 2 aromatic rings. The van der Waals surface area contributed by atoms with Gasteiger partial charge >= 0.3 is 0 Å². The van der Waals surface area contributed by atoms with Gasteiger partial charge in [0.05, 0.1) is 12.1 Å². The van der Waals surface area contributed by atoms with Crippen LogP contribution in [0.5, 0.6) is 0 Å². The predicted octanol–water partition coefficient (Wildman–Crippen LogP) is 1.58. The van der Waals surface area contributed by atoms with Crippen molar-refractivity contribution in [2.24, 2.45) is 0 Å². The van der Waals surface area contributed by atoms with Gasteiger partial charge in [-0.1, -0.05) is 18.2 Å². The van der Waals surface area contributed by atoms with Crippen LogP contribution in [-0.4, -0.2) is 41.7 Å². The Balaban J connectivity index is 1.72. The van der Waals surface area contributed by atoms with Crippen LogP contribution in [0, 0.1) is 0 Å². The molecule has 0 saturated carbocycles. The van der Waals surface area contributed by atoms with Crippen molar-refractivity contribution in [1.29, 1.82) is 0 Å². The third kappa shape index (κ3) is 2.57. The molecule has 0 radical (unpaired) electrons. The Morgan fingerprint density at radius 3 is 3.05 bits per heavy atom. The highest BCUT2D eigenvalue weighted by molar-refractivity contribution is 7.17. The summed E-state index contributed by atoms with van der Waals surface area (Å²) in [5.41, 5.74) is 1.18. The van der Waals surface area contributed by atoms with E-state index in [0.29, 0.717) is 19.5 Å². The second-order valence-corrected chi connectivity index (χ2v) is 6.21. The molecule has 2 N–H and O–H groups in total. The number of aliphatic hydroxyl groups excluding tert-OH is 1. The van der Waals surface area contributed by atoms with Crippen LogP contribution in [0.3, 0.4) is 0 Å². The van der Waals surface area contributed by atoms with Crippen molar-refractivity contribution in [3.63, 3.8) is 0 Å². The summed E-state index contributed by atoms with van der Waals surface area (Å²) in [5, 5.41) is 15.9.